The van der Waals surface area contributed by atoms with Gasteiger partial charge in [-0.25, -0.2) is 0 Å². The number of Topliss-reactive ketones (excluding diaryl/α,β-unsaturated/α-hetero) is 1. The van der Waals surface area contributed by atoms with Gasteiger partial charge in [0.05, 0.1) is 0 Å². The first-order valence-corrected chi connectivity index (χ1v) is 8.70. The molecule has 1 aliphatic heterocycles. The Labute approximate surface area is 124 Å². The molecule has 0 amide bonds. The SMILES string of the molecule is CCCC1CCC(=O)C(CN2CCN(CCC)CC2)C1. The first-order valence-electron chi connectivity index (χ1n) is 8.70. The van der Waals surface area contributed by atoms with Gasteiger partial charge >= 0.3 is 0 Å². The van der Waals surface area contributed by atoms with Crippen molar-refractivity contribution in [2.75, 3.05) is 39.3 Å². The Morgan fingerprint density at radius 2 is 1.75 bits per heavy atom. The number of carbonyl (C=O) groups excluding carboxylic acids is 1. The summed E-state index contributed by atoms with van der Waals surface area (Å²) in [6.07, 6.45) is 6.97. The van der Waals surface area contributed by atoms with Crippen molar-refractivity contribution in [2.24, 2.45) is 11.8 Å². The summed E-state index contributed by atoms with van der Waals surface area (Å²) < 4.78 is 0. The molecule has 2 aliphatic rings. The van der Waals surface area contributed by atoms with Crippen LogP contribution in [-0.2, 0) is 4.79 Å². The van der Waals surface area contributed by atoms with Crippen LogP contribution in [0, 0.1) is 11.8 Å². The third-order valence-electron chi connectivity index (χ3n) is 5.05. The molecule has 3 heteroatoms. The fourth-order valence-electron chi connectivity index (χ4n) is 3.87. The van der Waals surface area contributed by atoms with E-state index in [4.69, 9.17) is 0 Å². The molecule has 0 radical (unpaired) electrons. The largest absolute Gasteiger partial charge is 0.301 e. The van der Waals surface area contributed by atoms with Crippen molar-refractivity contribution in [3.63, 3.8) is 0 Å². The number of piperazine rings is 1. The lowest BCUT2D eigenvalue weighted by atomic mass is 9.78. The van der Waals surface area contributed by atoms with Gasteiger partial charge in [0.2, 0.25) is 0 Å². The van der Waals surface area contributed by atoms with E-state index < -0.39 is 0 Å². The van der Waals surface area contributed by atoms with E-state index in [1.165, 1.54) is 38.9 Å². The van der Waals surface area contributed by atoms with Crippen LogP contribution < -0.4 is 0 Å². The van der Waals surface area contributed by atoms with Crippen LogP contribution in [0.15, 0.2) is 0 Å². The lowest BCUT2D eigenvalue weighted by molar-refractivity contribution is -0.126. The summed E-state index contributed by atoms with van der Waals surface area (Å²) in [6.45, 7) is 11.5. The second-order valence-electron chi connectivity index (χ2n) is 6.73. The van der Waals surface area contributed by atoms with E-state index in [1.807, 2.05) is 0 Å². The second-order valence-corrected chi connectivity index (χ2v) is 6.73. The average molecular weight is 280 g/mol. The molecule has 1 saturated heterocycles. The number of ketones is 1. The molecule has 1 aliphatic carbocycles. The minimum atomic E-state index is 0.332. The van der Waals surface area contributed by atoms with Crippen molar-refractivity contribution in [3.05, 3.63) is 0 Å². The van der Waals surface area contributed by atoms with Crippen molar-refractivity contribution in [1.82, 2.24) is 9.80 Å². The molecule has 0 aromatic rings. The van der Waals surface area contributed by atoms with Crippen LogP contribution in [-0.4, -0.2) is 54.9 Å². The summed E-state index contributed by atoms with van der Waals surface area (Å²) in [5, 5.41) is 0. The molecule has 0 aromatic carbocycles. The highest BCUT2D eigenvalue weighted by molar-refractivity contribution is 5.81. The maximum atomic E-state index is 12.1. The topological polar surface area (TPSA) is 23.6 Å². The summed E-state index contributed by atoms with van der Waals surface area (Å²) in [6, 6.07) is 0. The Bertz CT molecular complexity index is 297. The zero-order valence-corrected chi connectivity index (χ0v) is 13.4. The van der Waals surface area contributed by atoms with Crippen molar-refractivity contribution in [3.8, 4) is 0 Å². The highest BCUT2D eigenvalue weighted by Gasteiger charge is 2.30. The van der Waals surface area contributed by atoms with Gasteiger partial charge in [0.25, 0.3) is 0 Å². The second kappa shape index (κ2) is 8.14. The quantitative estimate of drug-likeness (QED) is 0.747. The normalized spacial score (nSPS) is 29.8. The van der Waals surface area contributed by atoms with Gasteiger partial charge in [-0.15, -0.1) is 0 Å². The molecule has 20 heavy (non-hydrogen) atoms. The molecule has 2 atom stereocenters. The van der Waals surface area contributed by atoms with Crippen LogP contribution in [0.4, 0.5) is 0 Å². The van der Waals surface area contributed by atoms with Crippen molar-refractivity contribution >= 4 is 5.78 Å². The van der Waals surface area contributed by atoms with Gasteiger partial charge < -0.3 is 9.80 Å². The Morgan fingerprint density at radius 1 is 1.05 bits per heavy atom. The minimum absolute atomic E-state index is 0.332. The minimum Gasteiger partial charge on any atom is -0.301 e. The summed E-state index contributed by atoms with van der Waals surface area (Å²) in [7, 11) is 0. The van der Waals surface area contributed by atoms with Crippen LogP contribution in [0.1, 0.15) is 52.4 Å². The molecule has 2 unspecified atom stereocenters. The molecule has 3 nitrogen and oxygen atoms in total. The van der Waals surface area contributed by atoms with Crippen LogP contribution in [0.3, 0.4) is 0 Å². The zero-order valence-electron chi connectivity index (χ0n) is 13.4. The van der Waals surface area contributed by atoms with E-state index in [-0.39, 0.29) is 0 Å². The Hall–Kier alpha value is -0.410. The van der Waals surface area contributed by atoms with E-state index in [2.05, 4.69) is 23.6 Å². The molecular weight excluding hydrogens is 248 g/mol. The third kappa shape index (κ3) is 4.56. The standard InChI is InChI=1S/C17H32N2O/c1-3-5-15-6-7-17(20)16(13-15)14-19-11-9-18(8-4-2)10-12-19/h15-16H,3-14H2,1-2H3. The lowest BCUT2D eigenvalue weighted by Gasteiger charge is -2.37. The fraction of sp³-hybridized carbons (Fsp3) is 0.941. The van der Waals surface area contributed by atoms with E-state index in [0.29, 0.717) is 11.7 Å². The lowest BCUT2D eigenvalue weighted by Crippen LogP contribution is -2.49. The van der Waals surface area contributed by atoms with Crippen LogP contribution in [0.5, 0.6) is 0 Å². The molecular formula is C17H32N2O. The van der Waals surface area contributed by atoms with Gasteiger partial charge in [-0.3, -0.25) is 4.79 Å². The molecule has 0 N–H and O–H groups in total. The molecule has 1 heterocycles. The predicted molar refractivity (Wildman–Crippen MR) is 83.9 cm³/mol. The third-order valence-corrected chi connectivity index (χ3v) is 5.05. The molecule has 1 saturated carbocycles. The molecule has 2 rings (SSSR count). The van der Waals surface area contributed by atoms with E-state index >= 15 is 0 Å². The Balaban J connectivity index is 1.76. The fourth-order valence-corrected chi connectivity index (χ4v) is 3.87. The number of carbonyl (C=O) groups is 1. The van der Waals surface area contributed by atoms with Gasteiger partial charge in [0, 0.05) is 45.1 Å². The number of hydrogen-bond donors (Lipinski definition) is 0. The van der Waals surface area contributed by atoms with E-state index in [0.717, 1.165) is 44.8 Å². The number of rotatable bonds is 6. The first kappa shape index (κ1) is 16.0. The molecule has 2 fully saturated rings. The average Bonchev–Trinajstić information content (AvgIpc) is 2.45. The smallest absolute Gasteiger partial charge is 0.137 e. The Morgan fingerprint density at radius 3 is 2.40 bits per heavy atom. The summed E-state index contributed by atoms with van der Waals surface area (Å²) in [4.78, 5) is 17.2. The first-order chi connectivity index (χ1) is 9.72. The van der Waals surface area contributed by atoms with Crippen molar-refractivity contribution in [1.29, 1.82) is 0 Å². The Kier molecular flexibility index (Phi) is 6.50. The maximum Gasteiger partial charge on any atom is 0.137 e. The monoisotopic (exact) mass is 280 g/mol. The molecule has 116 valence electrons. The highest BCUT2D eigenvalue weighted by Crippen LogP contribution is 2.30. The van der Waals surface area contributed by atoms with Gasteiger partial charge in [0.1, 0.15) is 5.78 Å². The van der Waals surface area contributed by atoms with Crippen molar-refractivity contribution in [2.45, 2.75) is 52.4 Å². The van der Waals surface area contributed by atoms with Crippen LogP contribution in [0.2, 0.25) is 0 Å². The van der Waals surface area contributed by atoms with Gasteiger partial charge in [-0.2, -0.15) is 0 Å². The zero-order chi connectivity index (χ0) is 14.4. The van der Waals surface area contributed by atoms with Crippen LogP contribution >= 0.6 is 0 Å². The number of hydrogen-bond acceptors (Lipinski definition) is 3. The van der Waals surface area contributed by atoms with Gasteiger partial charge in [0.15, 0.2) is 0 Å². The van der Waals surface area contributed by atoms with E-state index in [1.54, 1.807) is 0 Å². The number of nitrogens with zero attached hydrogens (tertiary/aromatic N) is 2. The summed E-state index contributed by atoms with van der Waals surface area (Å²) >= 11 is 0. The molecule has 0 aromatic heterocycles. The van der Waals surface area contributed by atoms with Gasteiger partial charge in [-0.1, -0.05) is 26.7 Å². The predicted octanol–water partition coefficient (Wildman–Crippen LogP) is 2.80. The highest BCUT2D eigenvalue weighted by atomic mass is 16.1. The van der Waals surface area contributed by atoms with Crippen molar-refractivity contribution < 1.29 is 4.79 Å². The maximum absolute atomic E-state index is 12.1. The summed E-state index contributed by atoms with van der Waals surface area (Å²) in [5.41, 5.74) is 0. The summed E-state index contributed by atoms with van der Waals surface area (Å²) in [5.74, 6) is 1.68. The molecule has 0 bridgehead atoms. The van der Waals surface area contributed by atoms with Crippen LogP contribution in [0.25, 0.3) is 0 Å². The van der Waals surface area contributed by atoms with Gasteiger partial charge in [-0.05, 0) is 31.7 Å². The molecule has 0 spiro atoms. The van der Waals surface area contributed by atoms with E-state index in [9.17, 15) is 4.79 Å².